The Morgan fingerprint density at radius 3 is 2.61 bits per heavy atom. The summed E-state index contributed by atoms with van der Waals surface area (Å²) in [6.45, 7) is 3.21. The first-order valence-corrected chi connectivity index (χ1v) is 8.25. The maximum atomic E-state index is 13.0. The Morgan fingerprint density at radius 1 is 1.00 bits per heavy atom. The number of anilines is 1. The smallest absolute Gasteiger partial charge is 0.137 e. The van der Waals surface area contributed by atoms with Crippen LogP contribution in [0.5, 0.6) is 0 Å². The van der Waals surface area contributed by atoms with Crippen LogP contribution < -0.4 is 5.32 Å². The lowest BCUT2D eigenvalue weighted by Gasteiger charge is -2.06. The minimum Gasteiger partial charge on any atom is -0.384 e. The van der Waals surface area contributed by atoms with Crippen LogP contribution in [0.2, 0.25) is 0 Å². The minimum absolute atomic E-state index is 0.230. The second kappa shape index (κ2) is 7.27. The predicted molar refractivity (Wildman–Crippen MR) is 93.2 cm³/mol. The highest BCUT2D eigenvalue weighted by Crippen LogP contribution is 2.21. The highest BCUT2D eigenvalue weighted by Gasteiger charge is 2.05. The zero-order chi connectivity index (χ0) is 16.1. The first-order chi connectivity index (χ1) is 11.3. The van der Waals surface area contributed by atoms with Crippen LogP contribution >= 0.6 is 0 Å². The monoisotopic (exact) mass is 311 g/mol. The van der Waals surface area contributed by atoms with Crippen molar-refractivity contribution in [1.82, 2.24) is 9.38 Å². The number of nitrogens with one attached hydrogen (secondary N) is 1. The van der Waals surface area contributed by atoms with Crippen molar-refractivity contribution in [2.45, 2.75) is 32.6 Å². The van der Waals surface area contributed by atoms with E-state index in [0.717, 1.165) is 29.1 Å². The minimum atomic E-state index is -0.230. The van der Waals surface area contributed by atoms with E-state index in [-0.39, 0.29) is 5.82 Å². The van der Waals surface area contributed by atoms with Gasteiger partial charge in [-0.15, -0.1) is 0 Å². The third kappa shape index (κ3) is 3.89. The van der Waals surface area contributed by atoms with Crippen molar-refractivity contribution in [3.8, 4) is 11.3 Å². The van der Waals surface area contributed by atoms with Crippen molar-refractivity contribution < 1.29 is 4.39 Å². The topological polar surface area (TPSA) is 29.3 Å². The molecule has 2 heterocycles. The zero-order valence-electron chi connectivity index (χ0n) is 13.4. The molecule has 0 atom stereocenters. The van der Waals surface area contributed by atoms with Crippen LogP contribution in [-0.2, 0) is 0 Å². The number of imidazole rings is 1. The van der Waals surface area contributed by atoms with Gasteiger partial charge >= 0.3 is 0 Å². The van der Waals surface area contributed by atoms with E-state index in [2.05, 4.69) is 29.5 Å². The van der Waals surface area contributed by atoms with Crippen LogP contribution in [0.25, 0.3) is 16.9 Å². The molecular weight excluding hydrogens is 289 g/mol. The van der Waals surface area contributed by atoms with Gasteiger partial charge in [-0.1, -0.05) is 26.2 Å². The third-order valence-corrected chi connectivity index (χ3v) is 3.95. The fraction of sp³-hybridized carbons (Fsp3) is 0.316. The lowest BCUT2D eigenvalue weighted by Crippen LogP contribution is -2.02. The van der Waals surface area contributed by atoms with Crippen molar-refractivity contribution >= 4 is 11.3 Å². The van der Waals surface area contributed by atoms with E-state index in [1.807, 2.05) is 16.7 Å². The first kappa shape index (κ1) is 15.5. The van der Waals surface area contributed by atoms with Crippen LogP contribution in [0, 0.1) is 5.82 Å². The number of unbranched alkanes of at least 4 members (excludes halogenated alkanes) is 3. The maximum absolute atomic E-state index is 13.0. The molecule has 0 bridgehead atoms. The van der Waals surface area contributed by atoms with E-state index in [4.69, 9.17) is 0 Å². The lowest BCUT2D eigenvalue weighted by molar-refractivity contribution is 0.628. The molecule has 0 aliphatic carbocycles. The van der Waals surface area contributed by atoms with Crippen LogP contribution in [0.4, 0.5) is 10.1 Å². The van der Waals surface area contributed by atoms with E-state index in [1.54, 1.807) is 12.1 Å². The average Bonchev–Trinajstić information content (AvgIpc) is 2.98. The number of fused-ring (bicyclic) bond motifs is 1. The van der Waals surface area contributed by atoms with Crippen molar-refractivity contribution in [1.29, 1.82) is 0 Å². The molecular formula is C19H22FN3. The molecule has 0 saturated heterocycles. The Labute approximate surface area is 136 Å². The molecule has 0 aliphatic rings. The highest BCUT2D eigenvalue weighted by atomic mass is 19.1. The van der Waals surface area contributed by atoms with Crippen LogP contribution in [0.1, 0.15) is 32.6 Å². The van der Waals surface area contributed by atoms with Gasteiger partial charge in [0.2, 0.25) is 0 Å². The predicted octanol–water partition coefficient (Wildman–Crippen LogP) is 5.13. The molecule has 0 spiro atoms. The summed E-state index contributed by atoms with van der Waals surface area (Å²) in [5.41, 5.74) is 3.76. The van der Waals surface area contributed by atoms with Gasteiger partial charge < -0.3 is 9.72 Å². The van der Waals surface area contributed by atoms with Gasteiger partial charge in [0.15, 0.2) is 0 Å². The zero-order valence-corrected chi connectivity index (χ0v) is 13.4. The van der Waals surface area contributed by atoms with E-state index < -0.39 is 0 Å². The molecule has 1 aromatic carbocycles. The molecule has 1 N–H and O–H groups in total. The molecule has 3 aromatic rings. The van der Waals surface area contributed by atoms with Gasteiger partial charge in [-0.2, -0.15) is 0 Å². The molecule has 4 heteroatoms. The van der Waals surface area contributed by atoms with E-state index in [0.29, 0.717) is 0 Å². The summed E-state index contributed by atoms with van der Waals surface area (Å²) in [6.07, 6.45) is 9.04. The number of nitrogens with zero attached hydrogens (tertiary/aromatic N) is 2. The Balaban J connectivity index is 1.71. The number of halogens is 1. The highest BCUT2D eigenvalue weighted by molar-refractivity contribution is 5.63. The molecule has 0 unspecified atom stereocenters. The second-order valence-corrected chi connectivity index (χ2v) is 5.80. The van der Waals surface area contributed by atoms with Crippen LogP contribution in [0.15, 0.2) is 48.8 Å². The van der Waals surface area contributed by atoms with Crippen molar-refractivity contribution in [2.75, 3.05) is 11.9 Å². The summed E-state index contributed by atoms with van der Waals surface area (Å²) in [7, 11) is 0. The number of aromatic nitrogens is 2. The SMILES string of the molecule is CCCCCCNc1ccc2nc(-c3ccc(F)cc3)cn2c1. The van der Waals surface area contributed by atoms with Crippen LogP contribution in [0.3, 0.4) is 0 Å². The van der Waals surface area contributed by atoms with E-state index in [1.165, 1.54) is 37.8 Å². The molecule has 23 heavy (non-hydrogen) atoms. The van der Waals surface area contributed by atoms with Gasteiger partial charge in [0.25, 0.3) is 0 Å². The second-order valence-electron chi connectivity index (χ2n) is 5.80. The average molecular weight is 311 g/mol. The number of hydrogen-bond donors (Lipinski definition) is 1. The largest absolute Gasteiger partial charge is 0.384 e. The summed E-state index contributed by atoms with van der Waals surface area (Å²) in [5.74, 6) is -0.230. The molecule has 120 valence electrons. The maximum Gasteiger partial charge on any atom is 0.137 e. The van der Waals surface area contributed by atoms with Gasteiger partial charge in [0, 0.05) is 24.5 Å². The Bertz CT molecular complexity index is 762. The van der Waals surface area contributed by atoms with Gasteiger partial charge in [-0.25, -0.2) is 9.37 Å². The third-order valence-electron chi connectivity index (χ3n) is 3.95. The summed E-state index contributed by atoms with van der Waals surface area (Å²) >= 11 is 0. The fourth-order valence-corrected chi connectivity index (χ4v) is 2.64. The summed E-state index contributed by atoms with van der Waals surface area (Å²) in [6, 6.07) is 10.5. The molecule has 0 saturated carbocycles. The molecule has 3 rings (SSSR count). The lowest BCUT2D eigenvalue weighted by atomic mass is 10.2. The molecule has 0 aliphatic heterocycles. The number of pyridine rings is 1. The standard InChI is InChI=1S/C19H22FN3/c1-2-3-4-5-12-21-17-10-11-19-22-18(14-23(19)13-17)15-6-8-16(20)9-7-15/h6-11,13-14,21H,2-5,12H2,1H3. The van der Waals surface area contributed by atoms with Gasteiger partial charge in [0.05, 0.1) is 11.4 Å². The Hall–Kier alpha value is -2.36. The molecule has 0 fully saturated rings. The Morgan fingerprint density at radius 2 is 1.83 bits per heavy atom. The molecule has 0 radical (unpaired) electrons. The quantitative estimate of drug-likeness (QED) is 0.613. The number of hydrogen-bond acceptors (Lipinski definition) is 2. The first-order valence-electron chi connectivity index (χ1n) is 8.25. The van der Waals surface area contributed by atoms with Gasteiger partial charge in [0.1, 0.15) is 11.5 Å². The summed E-state index contributed by atoms with van der Waals surface area (Å²) in [4.78, 5) is 4.59. The molecule has 2 aromatic heterocycles. The Kier molecular flexibility index (Phi) is 4.91. The van der Waals surface area contributed by atoms with Crippen LogP contribution in [-0.4, -0.2) is 15.9 Å². The molecule has 3 nitrogen and oxygen atoms in total. The summed E-state index contributed by atoms with van der Waals surface area (Å²) in [5, 5.41) is 3.45. The molecule has 0 amide bonds. The number of benzene rings is 1. The van der Waals surface area contributed by atoms with Gasteiger partial charge in [-0.3, -0.25) is 0 Å². The van der Waals surface area contributed by atoms with Crippen molar-refractivity contribution in [2.24, 2.45) is 0 Å². The van der Waals surface area contributed by atoms with E-state index >= 15 is 0 Å². The van der Waals surface area contributed by atoms with Gasteiger partial charge in [-0.05, 0) is 42.8 Å². The summed E-state index contributed by atoms with van der Waals surface area (Å²) < 4.78 is 15.0. The van der Waals surface area contributed by atoms with Crippen molar-refractivity contribution in [3.05, 3.63) is 54.6 Å². The van der Waals surface area contributed by atoms with E-state index in [9.17, 15) is 4.39 Å². The number of rotatable bonds is 7. The van der Waals surface area contributed by atoms with Crippen molar-refractivity contribution in [3.63, 3.8) is 0 Å². The fourth-order valence-electron chi connectivity index (χ4n) is 2.64. The normalized spacial score (nSPS) is 11.0.